The molecule has 0 atom stereocenters. The Morgan fingerprint density at radius 3 is 2.20 bits per heavy atom. The Balaban J connectivity index is 1.61. The summed E-state index contributed by atoms with van der Waals surface area (Å²) in [5, 5.41) is 0. The summed E-state index contributed by atoms with van der Waals surface area (Å²) < 4.78 is 0. The first-order valence-electron chi connectivity index (χ1n) is 8.75. The molecule has 0 radical (unpaired) electrons. The highest BCUT2D eigenvalue weighted by atomic mass is 16.2. The van der Waals surface area contributed by atoms with E-state index in [1.165, 1.54) is 0 Å². The fourth-order valence-corrected chi connectivity index (χ4v) is 2.99. The van der Waals surface area contributed by atoms with Gasteiger partial charge in [-0.2, -0.15) is 0 Å². The molecule has 132 valence electrons. The highest BCUT2D eigenvalue weighted by molar-refractivity contribution is 5.92. The maximum Gasteiger partial charge on any atom is 0.272 e. The van der Waals surface area contributed by atoms with Crippen molar-refractivity contribution >= 4 is 17.5 Å². The van der Waals surface area contributed by atoms with Gasteiger partial charge in [-0.3, -0.25) is 4.79 Å². The summed E-state index contributed by atoms with van der Waals surface area (Å²) in [6.45, 7) is 8.84. The molecule has 0 aromatic carbocycles. The third-order valence-corrected chi connectivity index (χ3v) is 4.50. The first kappa shape index (κ1) is 17.1. The second kappa shape index (κ2) is 7.92. The van der Waals surface area contributed by atoms with Gasteiger partial charge in [0.1, 0.15) is 5.69 Å². The van der Waals surface area contributed by atoms with E-state index in [4.69, 9.17) is 0 Å². The van der Waals surface area contributed by atoms with E-state index < -0.39 is 0 Å². The first-order chi connectivity index (χ1) is 12.2. The third-order valence-electron chi connectivity index (χ3n) is 4.50. The number of carbonyl (C=O) groups excluding carboxylic acids is 1. The van der Waals surface area contributed by atoms with Crippen LogP contribution in [0.3, 0.4) is 0 Å². The molecule has 0 N–H and O–H groups in total. The van der Waals surface area contributed by atoms with Crippen molar-refractivity contribution in [2.75, 3.05) is 49.1 Å². The van der Waals surface area contributed by atoms with Crippen LogP contribution >= 0.6 is 0 Å². The van der Waals surface area contributed by atoms with Crippen molar-refractivity contribution in [3.8, 4) is 0 Å². The average molecular weight is 340 g/mol. The molecule has 2 aromatic heterocycles. The Labute approximate surface area is 148 Å². The van der Waals surface area contributed by atoms with Crippen LogP contribution in [0, 0.1) is 0 Å². The smallest absolute Gasteiger partial charge is 0.272 e. The number of rotatable bonds is 5. The van der Waals surface area contributed by atoms with Gasteiger partial charge < -0.3 is 14.7 Å². The van der Waals surface area contributed by atoms with Crippen LogP contribution in [0.25, 0.3) is 0 Å². The van der Waals surface area contributed by atoms with Gasteiger partial charge in [-0.05, 0) is 32.0 Å². The van der Waals surface area contributed by atoms with Crippen molar-refractivity contribution < 1.29 is 4.79 Å². The lowest BCUT2D eigenvalue weighted by molar-refractivity contribution is 0.0767. The SMILES string of the molecule is CCN(CC)C(=O)c1ccc(N2CCN(c3ncccn3)CC2)cn1. The van der Waals surface area contributed by atoms with Crippen LogP contribution in [0.5, 0.6) is 0 Å². The lowest BCUT2D eigenvalue weighted by Crippen LogP contribution is -2.47. The van der Waals surface area contributed by atoms with Crippen LogP contribution in [0.4, 0.5) is 11.6 Å². The molecule has 1 saturated heterocycles. The second-order valence-corrected chi connectivity index (χ2v) is 5.90. The monoisotopic (exact) mass is 340 g/mol. The van der Waals surface area contributed by atoms with Gasteiger partial charge in [0, 0.05) is 51.7 Å². The number of nitrogens with zero attached hydrogens (tertiary/aromatic N) is 6. The number of piperazine rings is 1. The van der Waals surface area contributed by atoms with Gasteiger partial charge in [-0.25, -0.2) is 15.0 Å². The van der Waals surface area contributed by atoms with Crippen molar-refractivity contribution in [2.24, 2.45) is 0 Å². The van der Waals surface area contributed by atoms with Crippen molar-refractivity contribution in [3.05, 3.63) is 42.5 Å². The van der Waals surface area contributed by atoms with Gasteiger partial charge in [-0.1, -0.05) is 0 Å². The Morgan fingerprint density at radius 1 is 1.00 bits per heavy atom. The lowest BCUT2D eigenvalue weighted by atomic mass is 10.2. The summed E-state index contributed by atoms with van der Waals surface area (Å²) in [5.74, 6) is 0.767. The molecule has 0 aliphatic carbocycles. The van der Waals surface area contributed by atoms with E-state index >= 15 is 0 Å². The first-order valence-corrected chi connectivity index (χ1v) is 8.75. The maximum atomic E-state index is 12.3. The number of pyridine rings is 1. The van der Waals surface area contributed by atoms with Crippen LogP contribution in [-0.2, 0) is 0 Å². The molecule has 2 aromatic rings. The van der Waals surface area contributed by atoms with Crippen molar-refractivity contribution in [3.63, 3.8) is 0 Å². The van der Waals surface area contributed by atoms with Gasteiger partial charge in [0.15, 0.2) is 0 Å². The number of carbonyl (C=O) groups is 1. The van der Waals surface area contributed by atoms with Crippen molar-refractivity contribution in [1.82, 2.24) is 19.9 Å². The molecule has 0 unspecified atom stereocenters. The molecule has 3 rings (SSSR count). The summed E-state index contributed by atoms with van der Waals surface area (Å²) >= 11 is 0. The topological polar surface area (TPSA) is 65.5 Å². The predicted octanol–water partition coefficient (Wildman–Crippen LogP) is 1.68. The highest BCUT2D eigenvalue weighted by Gasteiger charge is 2.20. The van der Waals surface area contributed by atoms with Crippen molar-refractivity contribution in [2.45, 2.75) is 13.8 Å². The van der Waals surface area contributed by atoms with E-state index in [1.807, 2.05) is 32.0 Å². The zero-order valence-electron chi connectivity index (χ0n) is 14.8. The Hall–Kier alpha value is -2.70. The maximum absolute atomic E-state index is 12.3. The minimum absolute atomic E-state index is 0.0115. The Morgan fingerprint density at radius 2 is 1.64 bits per heavy atom. The van der Waals surface area contributed by atoms with Gasteiger partial charge in [-0.15, -0.1) is 0 Å². The molecule has 0 bridgehead atoms. The minimum Gasteiger partial charge on any atom is -0.367 e. The number of aromatic nitrogens is 3. The fourth-order valence-electron chi connectivity index (χ4n) is 2.99. The Bertz CT molecular complexity index is 678. The molecule has 1 aliphatic rings. The normalized spacial score (nSPS) is 14.5. The largest absolute Gasteiger partial charge is 0.367 e. The number of hydrogen-bond donors (Lipinski definition) is 0. The van der Waals surface area contributed by atoms with Crippen LogP contribution < -0.4 is 9.80 Å². The Kier molecular flexibility index (Phi) is 5.42. The van der Waals surface area contributed by atoms with E-state index in [0.717, 1.165) is 37.8 Å². The second-order valence-electron chi connectivity index (χ2n) is 5.90. The van der Waals surface area contributed by atoms with Crippen LogP contribution in [0.1, 0.15) is 24.3 Å². The van der Waals surface area contributed by atoms with E-state index in [-0.39, 0.29) is 5.91 Å². The quantitative estimate of drug-likeness (QED) is 0.825. The lowest BCUT2D eigenvalue weighted by Gasteiger charge is -2.35. The fraction of sp³-hybridized carbons (Fsp3) is 0.444. The van der Waals surface area contributed by atoms with Gasteiger partial charge in [0.25, 0.3) is 5.91 Å². The van der Waals surface area contributed by atoms with Crippen molar-refractivity contribution in [1.29, 1.82) is 0 Å². The molecule has 1 fully saturated rings. The third kappa shape index (κ3) is 3.87. The van der Waals surface area contributed by atoms with E-state index in [0.29, 0.717) is 18.8 Å². The summed E-state index contributed by atoms with van der Waals surface area (Å²) in [5.41, 5.74) is 1.55. The molecule has 1 aliphatic heterocycles. The standard InChI is InChI=1S/C18H24N6O/c1-3-22(4-2)17(25)16-7-6-15(14-21-16)23-10-12-24(13-11-23)18-19-8-5-9-20-18/h5-9,14H,3-4,10-13H2,1-2H3. The zero-order valence-corrected chi connectivity index (χ0v) is 14.8. The van der Waals surface area contributed by atoms with E-state index in [2.05, 4.69) is 24.8 Å². The number of hydrogen-bond acceptors (Lipinski definition) is 6. The summed E-state index contributed by atoms with van der Waals surface area (Å²) in [7, 11) is 0. The van der Waals surface area contributed by atoms with E-state index in [9.17, 15) is 4.79 Å². The van der Waals surface area contributed by atoms with Gasteiger partial charge in [0.05, 0.1) is 11.9 Å². The number of amides is 1. The van der Waals surface area contributed by atoms with Gasteiger partial charge >= 0.3 is 0 Å². The predicted molar refractivity (Wildman–Crippen MR) is 97.9 cm³/mol. The van der Waals surface area contributed by atoms with Crippen LogP contribution in [0.2, 0.25) is 0 Å². The number of anilines is 2. The summed E-state index contributed by atoms with van der Waals surface area (Å²) in [4.78, 5) is 31.5. The summed E-state index contributed by atoms with van der Waals surface area (Å²) in [6, 6.07) is 5.63. The zero-order chi connectivity index (χ0) is 17.6. The average Bonchev–Trinajstić information content (AvgIpc) is 2.70. The molecular weight excluding hydrogens is 316 g/mol. The van der Waals surface area contributed by atoms with E-state index in [1.54, 1.807) is 23.5 Å². The highest BCUT2D eigenvalue weighted by Crippen LogP contribution is 2.18. The molecular formula is C18H24N6O. The molecule has 0 spiro atoms. The summed E-state index contributed by atoms with van der Waals surface area (Å²) in [6.07, 6.45) is 5.33. The van der Waals surface area contributed by atoms with Crippen LogP contribution in [-0.4, -0.2) is 65.0 Å². The van der Waals surface area contributed by atoms with Crippen LogP contribution in [0.15, 0.2) is 36.8 Å². The molecule has 7 heteroatoms. The molecule has 0 saturated carbocycles. The molecule has 25 heavy (non-hydrogen) atoms. The molecule has 7 nitrogen and oxygen atoms in total. The molecule has 1 amide bonds. The van der Waals surface area contributed by atoms with Gasteiger partial charge in [0.2, 0.25) is 5.95 Å². The minimum atomic E-state index is -0.0115. The molecule has 3 heterocycles.